The molecule has 17 heavy (non-hydrogen) atoms. The molecule has 1 aromatic carbocycles. The average Bonchev–Trinajstić information content (AvgIpc) is 2.29. The number of halogens is 1. The van der Waals surface area contributed by atoms with Gasteiger partial charge in [-0.15, -0.1) is 0 Å². The van der Waals surface area contributed by atoms with Crippen molar-refractivity contribution in [2.75, 3.05) is 27.2 Å². The van der Waals surface area contributed by atoms with Crippen molar-refractivity contribution in [1.29, 1.82) is 0 Å². The Morgan fingerprint density at radius 1 is 1.24 bits per heavy atom. The van der Waals surface area contributed by atoms with Gasteiger partial charge in [-0.25, -0.2) is 0 Å². The maximum absolute atomic E-state index is 11.7. The van der Waals surface area contributed by atoms with Crippen LogP contribution in [0.2, 0.25) is 0 Å². The van der Waals surface area contributed by atoms with Gasteiger partial charge in [-0.05, 0) is 80.3 Å². The van der Waals surface area contributed by atoms with Gasteiger partial charge in [-0.3, -0.25) is 4.79 Å². The summed E-state index contributed by atoms with van der Waals surface area (Å²) in [6, 6.07) is 7.61. The third-order valence-corrected chi connectivity index (χ3v) is 3.14. The summed E-state index contributed by atoms with van der Waals surface area (Å²) in [5.74, 6) is 0.0197. The number of unbranched alkanes of at least 4 members (excludes halogenated alkanes) is 1. The first-order valence-corrected chi connectivity index (χ1v) is 6.86. The van der Waals surface area contributed by atoms with E-state index < -0.39 is 0 Å². The Morgan fingerprint density at radius 3 is 2.47 bits per heavy atom. The molecule has 1 rings (SSSR count). The molecule has 0 saturated heterocycles. The summed E-state index contributed by atoms with van der Waals surface area (Å²) in [5, 5.41) is 2.93. The second-order valence-corrected chi connectivity index (χ2v) is 5.52. The SMILES string of the molecule is CN(C)CCCCNC(=O)c1ccc(I)cc1. The van der Waals surface area contributed by atoms with Crippen LogP contribution in [0.15, 0.2) is 24.3 Å². The molecule has 0 radical (unpaired) electrons. The Bertz CT molecular complexity index is 349. The number of hydrogen-bond acceptors (Lipinski definition) is 2. The molecule has 0 atom stereocenters. The molecule has 0 spiro atoms. The summed E-state index contributed by atoms with van der Waals surface area (Å²) >= 11 is 2.23. The minimum Gasteiger partial charge on any atom is -0.352 e. The van der Waals surface area contributed by atoms with Crippen LogP contribution >= 0.6 is 22.6 Å². The number of nitrogens with zero attached hydrogens (tertiary/aromatic N) is 1. The fourth-order valence-corrected chi connectivity index (χ4v) is 1.82. The van der Waals surface area contributed by atoms with E-state index in [4.69, 9.17) is 0 Å². The highest BCUT2D eigenvalue weighted by molar-refractivity contribution is 14.1. The highest BCUT2D eigenvalue weighted by Crippen LogP contribution is 2.06. The second-order valence-electron chi connectivity index (χ2n) is 4.27. The van der Waals surface area contributed by atoms with Gasteiger partial charge in [-0.1, -0.05) is 0 Å². The zero-order valence-corrected chi connectivity index (χ0v) is 12.5. The largest absolute Gasteiger partial charge is 0.352 e. The summed E-state index contributed by atoms with van der Waals surface area (Å²) in [5.41, 5.74) is 0.734. The number of amides is 1. The van der Waals surface area contributed by atoms with Crippen molar-refractivity contribution in [3.05, 3.63) is 33.4 Å². The zero-order valence-electron chi connectivity index (χ0n) is 10.4. The van der Waals surface area contributed by atoms with E-state index in [0.717, 1.165) is 35.1 Å². The smallest absolute Gasteiger partial charge is 0.251 e. The fraction of sp³-hybridized carbons (Fsp3) is 0.462. The lowest BCUT2D eigenvalue weighted by Crippen LogP contribution is -2.25. The Kier molecular flexibility index (Phi) is 6.50. The van der Waals surface area contributed by atoms with E-state index >= 15 is 0 Å². The van der Waals surface area contributed by atoms with Crippen molar-refractivity contribution < 1.29 is 4.79 Å². The minimum absolute atomic E-state index is 0.0197. The normalized spacial score (nSPS) is 10.6. The van der Waals surface area contributed by atoms with Gasteiger partial charge in [0, 0.05) is 15.7 Å². The Labute approximate surface area is 117 Å². The van der Waals surface area contributed by atoms with Crippen LogP contribution in [0, 0.1) is 3.57 Å². The highest BCUT2D eigenvalue weighted by Gasteiger charge is 2.03. The zero-order chi connectivity index (χ0) is 12.7. The number of carbonyl (C=O) groups excluding carboxylic acids is 1. The van der Waals surface area contributed by atoms with Gasteiger partial charge in [-0.2, -0.15) is 0 Å². The summed E-state index contributed by atoms with van der Waals surface area (Å²) in [4.78, 5) is 13.9. The first-order chi connectivity index (χ1) is 8.09. The maximum Gasteiger partial charge on any atom is 0.251 e. The van der Waals surface area contributed by atoms with Gasteiger partial charge in [0.25, 0.3) is 5.91 Å². The monoisotopic (exact) mass is 346 g/mol. The van der Waals surface area contributed by atoms with E-state index in [9.17, 15) is 4.79 Å². The first-order valence-electron chi connectivity index (χ1n) is 5.78. The third kappa shape index (κ3) is 6.02. The van der Waals surface area contributed by atoms with Crippen molar-refractivity contribution in [2.45, 2.75) is 12.8 Å². The summed E-state index contributed by atoms with van der Waals surface area (Å²) < 4.78 is 1.14. The number of carbonyl (C=O) groups is 1. The molecule has 3 nitrogen and oxygen atoms in total. The van der Waals surface area contributed by atoms with Gasteiger partial charge < -0.3 is 10.2 Å². The predicted octanol–water partition coefficient (Wildman–Crippen LogP) is 2.36. The van der Waals surface area contributed by atoms with Gasteiger partial charge in [0.15, 0.2) is 0 Å². The molecule has 0 bridgehead atoms. The summed E-state index contributed by atoms with van der Waals surface area (Å²) in [6.07, 6.45) is 2.13. The van der Waals surface area contributed by atoms with E-state index in [-0.39, 0.29) is 5.91 Å². The van der Waals surface area contributed by atoms with Gasteiger partial charge in [0.1, 0.15) is 0 Å². The topological polar surface area (TPSA) is 32.3 Å². The third-order valence-electron chi connectivity index (χ3n) is 2.42. The number of benzene rings is 1. The van der Waals surface area contributed by atoms with Gasteiger partial charge in [0.05, 0.1) is 0 Å². The van der Waals surface area contributed by atoms with E-state index in [1.807, 2.05) is 24.3 Å². The Balaban J connectivity index is 2.23. The molecule has 1 amide bonds. The first kappa shape index (κ1) is 14.4. The van der Waals surface area contributed by atoms with Crippen molar-refractivity contribution >= 4 is 28.5 Å². The van der Waals surface area contributed by atoms with Crippen molar-refractivity contribution in [2.24, 2.45) is 0 Å². The van der Waals surface area contributed by atoms with Crippen LogP contribution in [-0.2, 0) is 0 Å². The van der Waals surface area contributed by atoms with Crippen LogP contribution in [0.4, 0.5) is 0 Å². The summed E-state index contributed by atoms with van der Waals surface area (Å²) in [7, 11) is 4.12. The van der Waals surface area contributed by atoms with Crippen LogP contribution in [0.5, 0.6) is 0 Å². The molecule has 1 N–H and O–H groups in total. The van der Waals surface area contributed by atoms with E-state index in [1.54, 1.807) is 0 Å². The van der Waals surface area contributed by atoms with E-state index in [0.29, 0.717) is 0 Å². The average molecular weight is 346 g/mol. The minimum atomic E-state index is 0.0197. The molecule has 94 valence electrons. The lowest BCUT2D eigenvalue weighted by Gasteiger charge is -2.09. The van der Waals surface area contributed by atoms with Crippen LogP contribution in [-0.4, -0.2) is 38.0 Å². The second kappa shape index (κ2) is 7.66. The van der Waals surface area contributed by atoms with Crippen LogP contribution in [0.1, 0.15) is 23.2 Å². The molecule has 1 aromatic rings. The lowest BCUT2D eigenvalue weighted by molar-refractivity contribution is 0.0953. The molecular weight excluding hydrogens is 327 g/mol. The van der Waals surface area contributed by atoms with Crippen LogP contribution in [0.3, 0.4) is 0 Å². The van der Waals surface area contributed by atoms with Crippen molar-refractivity contribution in [3.8, 4) is 0 Å². The molecular formula is C13H19IN2O. The highest BCUT2D eigenvalue weighted by atomic mass is 127. The lowest BCUT2D eigenvalue weighted by atomic mass is 10.2. The Morgan fingerprint density at radius 2 is 1.88 bits per heavy atom. The van der Waals surface area contributed by atoms with E-state index in [1.165, 1.54) is 0 Å². The molecule has 0 aliphatic heterocycles. The molecule has 4 heteroatoms. The van der Waals surface area contributed by atoms with Crippen molar-refractivity contribution in [1.82, 2.24) is 10.2 Å². The van der Waals surface area contributed by atoms with Gasteiger partial charge >= 0.3 is 0 Å². The number of nitrogens with one attached hydrogen (secondary N) is 1. The predicted molar refractivity (Wildman–Crippen MR) is 79.3 cm³/mol. The fourth-order valence-electron chi connectivity index (χ4n) is 1.46. The van der Waals surface area contributed by atoms with Gasteiger partial charge in [0.2, 0.25) is 0 Å². The van der Waals surface area contributed by atoms with Crippen LogP contribution < -0.4 is 5.32 Å². The van der Waals surface area contributed by atoms with E-state index in [2.05, 4.69) is 46.9 Å². The molecule has 0 aromatic heterocycles. The number of rotatable bonds is 6. The quantitative estimate of drug-likeness (QED) is 0.634. The van der Waals surface area contributed by atoms with Crippen LogP contribution in [0.25, 0.3) is 0 Å². The number of hydrogen-bond donors (Lipinski definition) is 1. The summed E-state index contributed by atoms with van der Waals surface area (Å²) in [6.45, 7) is 1.82. The molecule has 0 aliphatic carbocycles. The molecule has 0 fully saturated rings. The standard InChI is InChI=1S/C13H19IN2O/c1-16(2)10-4-3-9-15-13(17)11-5-7-12(14)8-6-11/h5-8H,3-4,9-10H2,1-2H3,(H,15,17). The molecule has 0 aliphatic rings. The molecule has 0 saturated carbocycles. The maximum atomic E-state index is 11.7. The molecule has 0 heterocycles. The Hall–Kier alpha value is -0.620. The molecule has 0 unspecified atom stereocenters. The van der Waals surface area contributed by atoms with Crippen molar-refractivity contribution in [3.63, 3.8) is 0 Å².